The van der Waals surface area contributed by atoms with Gasteiger partial charge in [-0.05, 0) is 62.9 Å². The van der Waals surface area contributed by atoms with E-state index in [4.69, 9.17) is 0 Å². The van der Waals surface area contributed by atoms with Crippen molar-refractivity contribution in [3.05, 3.63) is 59.7 Å². The second-order valence-electron chi connectivity index (χ2n) is 6.82. The van der Waals surface area contributed by atoms with Crippen LogP contribution in [0.3, 0.4) is 0 Å². The molecule has 0 radical (unpaired) electrons. The van der Waals surface area contributed by atoms with Crippen LogP contribution < -0.4 is 10.6 Å². The van der Waals surface area contributed by atoms with Gasteiger partial charge in [-0.1, -0.05) is 43.7 Å². The predicted octanol–water partition coefficient (Wildman–Crippen LogP) is 5.17. The fraction of sp³-hybridized carbons (Fsp3) is 0.381. The average molecular weight is 324 g/mol. The summed E-state index contributed by atoms with van der Waals surface area (Å²) in [6.07, 6.45) is 3.38. The van der Waals surface area contributed by atoms with Crippen LogP contribution in [0.2, 0.25) is 0 Å². The van der Waals surface area contributed by atoms with Crippen LogP contribution in [0.1, 0.15) is 44.7 Å². The lowest BCUT2D eigenvalue weighted by Gasteiger charge is -2.27. The summed E-state index contributed by atoms with van der Waals surface area (Å²) in [6.45, 7) is 8.02. The van der Waals surface area contributed by atoms with Gasteiger partial charge in [-0.3, -0.25) is 4.79 Å². The van der Waals surface area contributed by atoms with Crippen molar-refractivity contribution in [2.45, 2.75) is 52.5 Å². The minimum atomic E-state index is -0.703. The molecule has 128 valence electrons. The van der Waals surface area contributed by atoms with Crippen LogP contribution in [0.5, 0.6) is 0 Å². The smallest absolute Gasteiger partial charge is 0.249 e. The molecule has 3 nitrogen and oxygen atoms in total. The Labute approximate surface area is 145 Å². The number of carbonyl (C=O) groups is 1. The third-order valence-electron chi connectivity index (χ3n) is 4.16. The molecule has 0 saturated heterocycles. The maximum Gasteiger partial charge on any atom is 0.249 e. The van der Waals surface area contributed by atoms with Crippen molar-refractivity contribution in [2.24, 2.45) is 0 Å². The van der Waals surface area contributed by atoms with Crippen LogP contribution in [0, 0.1) is 6.92 Å². The zero-order chi connectivity index (χ0) is 17.6. The molecule has 0 aliphatic rings. The summed E-state index contributed by atoms with van der Waals surface area (Å²) >= 11 is 0. The molecule has 0 heterocycles. The molecule has 2 aromatic rings. The number of anilines is 2. The molecule has 0 aromatic heterocycles. The molecule has 2 rings (SSSR count). The molecule has 0 saturated carbocycles. The number of hydrogen-bond acceptors (Lipinski definition) is 2. The molecule has 1 amide bonds. The molecule has 0 aliphatic carbocycles. The van der Waals surface area contributed by atoms with Crippen LogP contribution in [0.4, 0.5) is 11.4 Å². The first kappa shape index (κ1) is 18.1. The lowest BCUT2D eigenvalue weighted by molar-refractivity contribution is -0.119. The highest BCUT2D eigenvalue weighted by Gasteiger charge is 2.27. The molecule has 2 N–H and O–H groups in total. The zero-order valence-corrected chi connectivity index (χ0v) is 15.1. The molecule has 24 heavy (non-hydrogen) atoms. The molecule has 0 aliphatic heterocycles. The van der Waals surface area contributed by atoms with Crippen molar-refractivity contribution in [3.63, 3.8) is 0 Å². The molecule has 0 fully saturated rings. The highest BCUT2D eigenvalue weighted by molar-refractivity contribution is 5.99. The highest BCUT2D eigenvalue weighted by Crippen LogP contribution is 2.21. The van der Waals surface area contributed by atoms with Gasteiger partial charge in [0.05, 0.1) is 0 Å². The Balaban J connectivity index is 2.06. The van der Waals surface area contributed by atoms with Crippen LogP contribution in [0.25, 0.3) is 0 Å². The third-order valence-corrected chi connectivity index (χ3v) is 4.16. The molecule has 0 unspecified atom stereocenters. The maximum atomic E-state index is 12.7. The Morgan fingerprint density at radius 2 is 1.83 bits per heavy atom. The topological polar surface area (TPSA) is 41.1 Å². The van der Waals surface area contributed by atoms with Gasteiger partial charge in [-0.25, -0.2) is 0 Å². The first-order valence-electron chi connectivity index (χ1n) is 8.66. The van der Waals surface area contributed by atoms with Gasteiger partial charge >= 0.3 is 0 Å². The van der Waals surface area contributed by atoms with Crippen molar-refractivity contribution in [3.8, 4) is 0 Å². The fourth-order valence-electron chi connectivity index (χ4n) is 2.58. The number of carbonyl (C=O) groups excluding carboxylic acids is 1. The number of aryl methyl sites for hydroxylation is 2. The van der Waals surface area contributed by atoms with Gasteiger partial charge in [0.1, 0.15) is 5.54 Å². The minimum absolute atomic E-state index is 0.0432. The highest BCUT2D eigenvalue weighted by atomic mass is 16.2. The number of hydrogen-bond donors (Lipinski definition) is 2. The van der Waals surface area contributed by atoms with E-state index in [1.807, 2.05) is 57.2 Å². The van der Waals surface area contributed by atoms with E-state index in [-0.39, 0.29) is 5.91 Å². The van der Waals surface area contributed by atoms with Crippen LogP contribution >= 0.6 is 0 Å². The quantitative estimate of drug-likeness (QED) is 0.738. The number of para-hydroxylation sites is 1. The lowest BCUT2D eigenvalue weighted by atomic mass is 10.0. The molecule has 0 bridgehead atoms. The van der Waals surface area contributed by atoms with Crippen LogP contribution in [-0.4, -0.2) is 11.4 Å². The first-order valence-corrected chi connectivity index (χ1v) is 8.66. The summed E-state index contributed by atoms with van der Waals surface area (Å²) in [7, 11) is 0. The summed E-state index contributed by atoms with van der Waals surface area (Å²) in [6, 6.07) is 16.1. The lowest BCUT2D eigenvalue weighted by Crippen LogP contribution is -2.44. The maximum absolute atomic E-state index is 12.7. The van der Waals surface area contributed by atoms with E-state index in [1.165, 1.54) is 12.0 Å². The Kier molecular flexibility index (Phi) is 6.02. The summed E-state index contributed by atoms with van der Waals surface area (Å²) in [4.78, 5) is 12.7. The number of rotatable bonds is 7. The molecule has 0 atom stereocenters. The molecule has 0 spiro atoms. The van der Waals surface area contributed by atoms with E-state index in [2.05, 4.69) is 29.7 Å². The van der Waals surface area contributed by atoms with Gasteiger partial charge in [0.2, 0.25) is 5.91 Å². The predicted molar refractivity (Wildman–Crippen MR) is 103 cm³/mol. The first-order chi connectivity index (χ1) is 11.4. The standard InChI is InChI=1S/C21H28N2O/c1-5-6-11-17-12-9-13-18(15-17)22-20(24)21(3,4)23-19-14-8-7-10-16(19)2/h7-10,12-15,23H,5-6,11H2,1-4H3,(H,22,24). The molecule has 2 aromatic carbocycles. The van der Waals surface area contributed by atoms with Gasteiger partial charge in [0, 0.05) is 11.4 Å². The Morgan fingerprint density at radius 3 is 2.54 bits per heavy atom. The van der Waals surface area contributed by atoms with E-state index in [9.17, 15) is 4.79 Å². The Hall–Kier alpha value is -2.29. The minimum Gasteiger partial charge on any atom is -0.371 e. The van der Waals surface area contributed by atoms with Crippen molar-refractivity contribution in [2.75, 3.05) is 10.6 Å². The summed E-state index contributed by atoms with van der Waals surface area (Å²) < 4.78 is 0. The van der Waals surface area contributed by atoms with Gasteiger partial charge in [0.15, 0.2) is 0 Å². The monoisotopic (exact) mass is 324 g/mol. The van der Waals surface area contributed by atoms with E-state index < -0.39 is 5.54 Å². The van der Waals surface area contributed by atoms with Gasteiger partial charge in [0.25, 0.3) is 0 Å². The summed E-state index contributed by atoms with van der Waals surface area (Å²) in [5.74, 6) is -0.0432. The van der Waals surface area contributed by atoms with Crippen LogP contribution in [0.15, 0.2) is 48.5 Å². The normalized spacial score (nSPS) is 11.2. The summed E-state index contributed by atoms with van der Waals surface area (Å²) in [5, 5.41) is 6.38. The van der Waals surface area contributed by atoms with E-state index in [0.717, 1.165) is 29.8 Å². The second-order valence-corrected chi connectivity index (χ2v) is 6.82. The van der Waals surface area contributed by atoms with Crippen molar-refractivity contribution in [1.29, 1.82) is 0 Å². The second kappa shape index (κ2) is 8.00. The van der Waals surface area contributed by atoms with E-state index in [1.54, 1.807) is 0 Å². The van der Waals surface area contributed by atoms with Gasteiger partial charge in [-0.2, -0.15) is 0 Å². The molecule has 3 heteroatoms. The number of nitrogens with one attached hydrogen (secondary N) is 2. The Bertz CT molecular complexity index is 692. The third kappa shape index (κ3) is 4.85. The molecular formula is C21H28N2O. The van der Waals surface area contributed by atoms with E-state index >= 15 is 0 Å². The van der Waals surface area contributed by atoms with E-state index in [0.29, 0.717) is 0 Å². The zero-order valence-electron chi connectivity index (χ0n) is 15.1. The number of unbranched alkanes of at least 4 members (excludes halogenated alkanes) is 1. The largest absolute Gasteiger partial charge is 0.371 e. The molecular weight excluding hydrogens is 296 g/mol. The van der Waals surface area contributed by atoms with Gasteiger partial charge < -0.3 is 10.6 Å². The van der Waals surface area contributed by atoms with Crippen molar-refractivity contribution < 1.29 is 4.79 Å². The SMILES string of the molecule is CCCCc1cccc(NC(=O)C(C)(C)Nc2ccccc2C)c1. The number of amides is 1. The Morgan fingerprint density at radius 1 is 1.08 bits per heavy atom. The number of benzene rings is 2. The van der Waals surface area contributed by atoms with Crippen LogP contribution in [-0.2, 0) is 11.2 Å². The average Bonchev–Trinajstić information content (AvgIpc) is 2.55. The summed E-state index contributed by atoms with van der Waals surface area (Å²) in [5.41, 5.74) is 3.52. The fourth-order valence-corrected chi connectivity index (χ4v) is 2.58. The van der Waals surface area contributed by atoms with Crippen molar-refractivity contribution >= 4 is 17.3 Å². The van der Waals surface area contributed by atoms with Crippen molar-refractivity contribution in [1.82, 2.24) is 0 Å². The van der Waals surface area contributed by atoms with Gasteiger partial charge in [-0.15, -0.1) is 0 Å².